The van der Waals surface area contributed by atoms with Gasteiger partial charge in [0, 0.05) is 5.41 Å². The summed E-state index contributed by atoms with van der Waals surface area (Å²) >= 11 is 0. The monoisotopic (exact) mass is 128 g/mol. The quantitative estimate of drug-likeness (QED) is 0.564. The van der Waals surface area contributed by atoms with Gasteiger partial charge in [-0.2, -0.15) is 0 Å². The molecule has 54 valence electrons. The first-order valence-electron chi connectivity index (χ1n) is 3.29. The number of allylic oxidation sites excluding steroid dienone is 1. The van der Waals surface area contributed by atoms with Gasteiger partial charge in [0.2, 0.25) is 0 Å². The van der Waals surface area contributed by atoms with Gasteiger partial charge in [-0.15, -0.1) is 0 Å². The van der Waals surface area contributed by atoms with E-state index in [0.29, 0.717) is 0 Å². The Morgan fingerprint density at radius 1 is 1.56 bits per heavy atom. The summed E-state index contributed by atoms with van der Waals surface area (Å²) in [5.41, 5.74) is 1.21. The predicted molar refractivity (Wildman–Crippen MR) is 40.3 cm³/mol. The summed E-state index contributed by atoms with van der Waals surface area (Å²) in [6.07, 6.45) is 2.04. The van der Waals surface area contributed by atoms with Crippen LogP contribution in [-0.2, 0) is 0 Å². The van der Waals surface area contributed by atoms with Crippen LogP contribution in [0.4, 0.5) is 0 Å². The van der Waals surface area contributed by atoms with Gasteiger partial charge in [-0.1, -0.05) is 25.5 Å². The van der Waals surface area contributed by atoms with E-state index in [1.165, 1.54) is 5.57 Å². The summed E-state index contributed by atoms with van der Waals surface area (Å²) < 4.78 is 0. The lowest BCUT2D eigenvalue weighted by Gasteiger charge is -2.22. The standard InChI is InChI=1S/C8H16O/c1-5-7(2)8(3,4)6-9/h5,9H,6H2,1-4H3/b7-5-. The van der Waals surface area contributed by atoms with E-state index in [9.17, 15) is 0 Å². The second-order valence-electron chi connectivity index (χ2n) is 3.01. The van der Waals surface area contributed by atoms with Gasteiger partial charge in [0.25, 0.3) is 0 Å². The molecule has 0 aliphatic rings. The maximum absolute atomic E-state index is 8.85. The summed E-state index contributed by atoms with van der Waals surface area (Å²) in [7, 11) is 0. The number of hydrogen-bond donors (Lipinski definition) is 1. The molecule has 0 rings (SSSR count). The molecule has 0 saturated heterocycles. The SMILES string of the molecule is C/C=C(/C)C(C)(C)CO. The topological polar surface area (TPSA) is 20.2 Å². The molecule has 0 fully saturated rings. The summed E-state index contributed by atoms with van der Waals surface area (Å²) in [5.74, 6) is 0. The van der Waals surface area contributed by atoms with Gasteiger partial charge in [-0.05, 0) is 13.8 Å². The predicted octanol–water partition coefficient (Wildman–Crippen LogP) is 1.97. The second kappa shape index (κ2) is 3.02. The Bertz CT molecular complexity index is 112. The fraction of sp³-hybridized carbons (Fsp3) is 0.750. The molecular weight excluding hydrogens is 112 g/mol. The highest BCUT2D eigenvalue weighted by molar-refractivity contribution is 5.07. The van der Waals surface area contributed by atoms with Crippen LogP contribution < -0.4 is 0 Å². The zero-order valence-corrected chi connectivity index (χ0v) is 6.73. The summed E-state index contributed by atoms with van der Waals surface area (Å²) in [6.45, 7) is 8.32. The van der Waals surface area contributed by atoms with E-state index >= 15 is 0 Å². The lowest BCUT2D eigenvalue weighted by Crippen LogP contribution is -2.17. The van der Waals surface area contributed by atoms with Crippen molar-refractivity contribution in [3.8, 4) is 0 Å². The molecule has 0 unspecified atom stereocenters. The minimum Gasteiger partial charge on any atom is -0.395 e. The Hall–Kier alpha value is -0.300. The first-order valence-corrected chi connectivity index (χ1v) is 3.29. The summed E-state index contributed by atoms with van der Waals surface area (Å²) in [5, 5.41) is 8.85. The molecule has 9 heavy (non-hydrogen) atoms. The first kappa shape index (κ1) is 8.70. The molecule has 0 aromatic rings. The van der Waals surface area contributed by atoms with Gasteiger partial charge in [0.15, 0.2) is 0 Å². The Kier molecular flexibility index (Phi) is 2.92. The third-order valence-electron chi connectivity index (χ3n) is 1.90. The van der Waals surface area contributed by atoms with Crippen molar-refractivity contribution in [1.82, 2.24) is 0 Å². The van der Waals surface area contributed by atoms with Gasteiger partial charge >= 0.3 is 0 Å². The van der Waals surface area contributed by atoms with Crippen LogP contribution in [-0.4, -0.2) is 11.7 Å². The highest BCUT2D eigenvalue weighted by atomic mass is 16.3. The van der Waals surface area contributed by atoms with Crippen LogP contribution in [0.1, 0.15) is 27.7 Å². The molecule has 0 aromatic carbocycles. The van der Waals surface area contributed by atoms with E-state index < -0.39 is 0 Å². The molecule has 0 heterocycles. The molecule has 0 saturated carbocycles. The molecule has 0 aliphatic carbocycles. The number of rotatable bonds is 2. The fourth-order valence-electron chi connectivity index (χ4n) is 0.515. The summed E-state index contributed by atoms with van der Waals surface area (Å²) in [6, 6.07) is 0. The van der Waals surface area contributed by atoms with Crippen LogP contribution in [0.2, 0.25) is 0 Å². The highest BCUT2D eigenvalue weighted by Crippen LogP contribution is 2.23. The summed E-state index contributed by atoms with van der Waals surface area (Å²) in [4.78, 5) is 0. The van der Waals surface area contributed by atoms with E-state index in [1.807, 2.05) is 33.8 Å². The lowest BCUT2D eigenvalue weighted by atomic mass is 9.86. The third kappa shape index (κ3) is 2.19. The average Bonchev–Trinajstić information content (AvgIpc) is 1.86. The van der Waals surface area contributed by atoms with Crippen molar-refractivity contribution in [3.63, 3.8) is 0 Å². The Labute approximate surface area is 57.4 Å². The third-order valence-corrected chi connectivity index (χ3v) is 1.90. The first-order chi connectivity index (χ1) is 4.04. The molecule has 0 aromatic heterocycles. The Balaban J connectivity index is 4.14. The fourth-order valence-corrected chi connectivity index (χ4v) is 0.515. The number of hydrogen-bond acceptors (Lipinski definition) is 1. The molecule has 1 nitrogen and oxygen atoms in total. The van der Waals surface area contributed by atoms with Crippen LogP contribution in [0.25, 0.3) is 0 Å². The highest BCUT2D eigenvalue weighted by Gasteiger charge is 2.16. The Morgan fingerprint density at radius 3 is 2.11 bits per heavy atom. The van der Waals surface area contributed by atoms with E-state index in [2.05, 4.69) is 0 Å². The van der Waals surface area contributed by atoms with Crippen molar-refractivity contribution < 1.29 is 5.11 Å². The zero-order valence-electron chi connectivity index (χ0n) is 6.73. The number of aliphatic hydroxyl groups is 1. The van der Waals surface area contributed by atoms with E-state index in [0.717, 1.165) is 0 Å². The van der Waals surface area contributed by atoms with Gasteiger partial charge < -0.3 is 5.11 Å². The molecule has 0 atom stereocenters. The maximum Gasteiger partial charge on any atom is 0.0519 e. The van der Waals surface area contributed by atoms with Gasteiger partial charge in [-0.3, -0.25) is 0 Å². The van der Waals surface area contributed by atoms with Crippen LogP contribution in [0.15, 0.2) is 11.6 Å². The molecule has 0 bridgehead atoms. The van der Waals surface area contributed by atoms with Crippen molar-refractivity contribution in [1.29, 1.82) is 0 Å². The maximum atomic E-state index is 8.85. The molecule has 0 radical (unpaired) electrons. The van der Waals surface area contributed by atoms with Gasteiger partial charge in [0.05, 0.1) is 6.61 Å². The minimum absolute atomic E-state index is 0.0330. The van der Waals surface area contributed by atoms with E-state index in [4.69, 9.17) is 5.11 Å². The van der Waals surface area contributed by atoms with Crippen molar-refractivity contribution in [2.24, 2.45) is 5.41 Å². The largest absolute Gasteiger partial charge is 0.395 e. The van der Waals surface area contributed by atoms with Crippen LogP contribution in [0, 0.1) is 5.41 Å². The Morgan fingerprint density at radius 2 is 2.00 bits per heavy atom. The molecule has 1 heteroatoms. The number of aliphatic hydroxyl groups excluding tert-OH is 1. The zero-order chi connectivity index (χ0) is 7.49. The van der Waals surface area contributed by atoms with Crippen molar-refractivity contribution in [2.45, 2.75) is 27.7 Å². The van der Waals surface area contributed by atoms with E-state index in [1.54, 1.807) is 0 Å². The van der Waals surface area contributed by atoms with Crippen LogP contribution in [0.5, 0.6) is 0 Å². The van der Waals surface area contributed by atoms with E-state index in [-0.39, 0.29) is 12.0 Å². The average molecular weight is 128 g/mol. The van der Waals surface area contributed by atoms with Crippen LogP contribution >= 0.6 is 0 Å². The smallest absolute Gasteiger partial charge is 0.0519 e. The van der Waals surface area contributed by atoms with Crippen LogP contribution in [0.3, 0.4) is 0 Å². The molecule has 0 amide bonds. The van der Waals surface area contributed by atoms with Gasteiger partial charge in [-0.25, -0.2) is 0 Å². The normalized spacial score (nSPS) is 14.1. The molecule has 1 N–H and O–H groups in total. The van der Waals surface area contributed by atoms with Crippen molar-refractivity contribution in [3.05, 3.63) is 11.6 Å². The van der Waals surface area contributed by atoms with Crippen molar-refractivity contribution in [2.75, 3.05) is 6.61 Å². The second-order valence-corrected chi connectivity index (χ2v) is 3.01. The molecular formula is C8H16O. The molecule has 0 aliphatic heterocycles. The van der Waals surface area contributed by atoms with Gasteiger partial charge in [0.1, 0.15) is 0 Å². The minimum atomic E-state index is -0.0330. The molecule has 0 spiro atoms. The van der Waals surface area contributed by atoms with Crippen molar-refractivity contribution >= 4 is 0 Å². The lowest BCUT2D eigenvalue weighted by molar-refractivity contribution is 0.190.